The maximum absolute atomic E-state index is 4.67. The number of fused-ring (bicyclic) bond motifs is 1. The highest BCUT2D eigenvalue weighted by Crippen LogP contribution is 2.32. The van der Waals surface area contributed by atoms with Gasteiger partial charge in [-0.05, 0) is 25.0 Å². The molecule has 7 heteroatoms. The minimum atomic E-state index is 0.480. The highest BCUT2D eigenvalue weighted by atomic mass is 15.4. The van der Waals surface area contributed by atoms with Crippen LogP contribution in [0.2, 0.25) is 0 Å². The SMILES string of the molecule is c1ccc(-c2cc(N3CCC(c4ccncn4)CC3)c3nncn3n2)cc1. The Kier molecular flexibility index (Phi) is 3.97. The van der Waals surface area contributed by atoms with Gasteiger partial charge in [0.05, 0.1) is 11.4 Å². The summed E-state index contributed by atoms with van der Waals surface area (Å²) < 4.78 is 1.77. The van der Waals surface area contributed by atoms with Gasteiger partial charge in [0, 0.05) is 36.5 Å². The van der Waals surface area contributed by atoms with E-state index in [0.717, 1.165) is 54.2 Å². The summed E-state index contributed by atoms with van der Waals surface area (Å²) in [5.74, 6) is 0.480. The Morgan fingerprint density at radius 2 is 1.85 bits per heavy atom. The standard InChI is InChI=1S/C20H19N7/c1-2-4-15(5-3-1)18-12-19(20-24-23-14-27(20)25-18)26-10-7-16(8-11-26)17-6-9-21-13-22-17/h1-6,9,12-14,16H,7-8,10-11H2. The van der Waals surface area contributed by atoms with E-state index in [1.807, 2.05) is 30.5 Å². The average molecular weight is 357 g/mol. The fourth-order valence-corrected chi connectivity index (χ4v) is 3.75. The van der Waals surface area contributed by atoms with Gasteiger partial charge in [0.1, 0.15) is 12.7 Å². The highest BCUT2D eigenvalue weighted by Gasteiger charge is 2.24. The topological polar surface area (TPSA) is 72.1 Å². The van der Waals surface area contributed by atoms with Crippen LogP contribution >= 0.6 is 0 Å². The highest BCUT2D eigenvalue weighted by molar-refractivity contribution is 5.74. The Balaban J connectivity index is 1.46. The molecule has 1 aliphatic rings. The normalized spacial score (nSPS) is 15.3. The molecule has 1 fully saturated rings. The van der Waals surface area contributed by atoms with Crippen molar-refractivity contribution < 1.29 is 0 Å². The van der Waals surface area contributed by atoms with Crippen molar-refractivity contribution in [3.05, 3.63) is 67.0 Å². The van der Waals surface area contributed by atoms with E-state index in [4.69, 9.17) is 0 Å². The number of hydrogen-bond donors (Lipinski definition) is 0. The van der Waals surface area contributed by atoms with E-state index >= 15 is 0 Å². The van der Waals surface area contributed by atoms with E-state index in [-0.39, 0.29) is 0 Å². The number of aromatic nitrogens is 6. The first-order valence-electron chi connectivity index (χ1n) is 9.16. The van der Waals surface area contributed by atoms with Gasteiger partial charge in [0.25, 0.3) is 0 Å². The lowest BCUT2D eigenvalue weighted by Crippen LogP contribution is -2.33. The summed E-state index contributed by atoms with van der Waals surface area (Å²) >= 11 is 0. The zero-order valence-corrected chi connectivity index (χ0v) is 14.8. The lowest BCUT2D eigenvalue weighted by atomic mass is 9.93. The largest absolute Gasteiger partial charge is 0.368 e. The van der Waals surface area contributed by atoms with E-state index in [2.05, 4.69) is 48.4 Å². The Hall–Kier alpha value is -3.35. The first-order chi connectivity index (χ1) is 13.4. The van der Waals surface area contributed by atoms with Gasteiger partial charge in [0.15, 0.2) is 0 Å². The Labute approximate surface area is 156 Å². The van der Waals surface area contributed by atoms with Gasteiger partial charge in [0.2, 0.25) is 5.65 Å². The van der Waals surface area contributed by atoms with Crippen LogP contribution in [0.15, 0.2) is 61.3 Å². The van der Waals surface area contributed by atoms with Crippen molar-refractivity contribution in [3.63, 3.8) is 0 Å². The van der Waals surface area contributed by atoms with Crippen LogP contribution in [0.5, 0.6) is 0 Å². The average Bonchev–Trinajstić information content (AvgIpc) is 3.23. The maximum Gasteiger partial charge on any atom is 0.200 e. The third kappa shape index (κ3) is 3.01. The van der Waals surface area contributed by atoms with E-state index in [1.165, 1.54) is 0 Å². The second-order valence-corrected chi connectivity index (χ2v) is 6.78. The van der Waals surface area contributed by atoms with E-state index in [9.17, 15) is 0 Å². The molecule has 1 aromatic carbocycles. The monoisotopic (exact) mass is 357 g/mol. The van der Waals surface area contributed by atoms with Crippen molar-refractivity contribution in [2.24, 2.45) is 0 Å². The van der Waals surface area contributed by atoms with Crippen LogP contribution in [0, 0.1) is 0 Å². The maximum atomic E-state index is 4.67. The molecule has 0 amide bonds. The van der Waals surface area contributed by atoms with Gasteiger partial charge in [-0.2, -0.15) is 9.61 Å². The molecule has 7 nitrogen and oxygen atoms in total. The number of rotatable bonds is 3. The number of piperidine rings is 1. The predicted octanol–water partition coefficient (Wildman–Crippen LogP) is 2.97. The zero-order valence-electron chi connectivity index (χ0n) is 14.8. The third-order valence-electron chi connectivity index (χ3n) is 5.18. The minimum Gasteiger partial charge on any atom is -0.368 e. The zero-order chi connectivity index (χ0) is 18.1. The van der Waals surface area contributed by atoms with E-state index in [0.29, 0.717) is 5.92 Å². The Bertz CT molecular complexity index is 1040. The van der Waals surface area contributed by atoms with Crippen molar-refractivity contribution >= 4 is 11.3 Å². The molecule has 0 N–H and O–H groups in total. The van der Waals surface area contributed by atoms with Gasteiger partial charge in [-0.25, -0.2) is 9.97 Å². The lowest BCUT2D eigenvalue weighted by molar-refractivity contribution is 0.495. The summed E-state index contributed by atoms with van der Waals surface area (Å²) in [6.45, 7) is 1.91. The molecule has 0 saturated carbocycles. The number of hydrogen-bond acceptors (Lipinski definition) is 6. The van der Waals surface area contributed by atoms with Gasteiger partial charge in [-0.3, -0.25) is 0 Å². The second kappa shape index (κ2) is 6.75. The molecular formula is C20H19N7. The van der Waals surface area contributed by atoms with Crippen molar-refractivity contribution in [3.8, 4) is 11.3 Å². The van der Waals surface area contributed by atoms with Crippen molar-refractivity contribution in [2.75, 3.05) is 18.0 Å². The van der Waals surface area contributed by atoms with Crippen LogP contribution in [-0.4, -0.2) is 42.9 Å². The fourth-order valence-electron chi connectivity index (χ4n) is 3.75. The van der Waals surface area contributed by atoms with Gasteiger partial charge in [-0.1, -0.05) is 30.3 Å². The van der Waals surface area contributed by atoms with E-state index in [1.54, 1.807) is 17.2 Å². The molecular weight excluding hydrogens is 338 g/mol. The van der Waals surface area contributed by atoms with Crippen molar-refractivity contribution in [2.45, 2.75) is 18.8 Å². The van der Waals surface area contributed by atoms with Crippen LogP contribution in [0.4, 0.5) is 5.69 Å². The van der Waals surface area contributed by atoms with E-state index < -0.39 is 0 Å². The molecule has 0 atom stereocenters. The molecule has 27 heavy (non-hydrogen) atoms. The van der Waals surface area contributed by atoms with Gasteiger partial charge in [-0.15, -0.1) is 10.2 Å². The van der Waals surface area contributed by atoms with Gasteiger partial charge >= 0.3 is 0 Å². The summed E-state index contributed by atoms with van der Waals surface area (Å²) in [6.07, 6.45) is 7.24. The van der Waals surface area contributed by atoms with Crippen molar-refractivity contribution in [1.82, 2.24) is 29.8 Å². The summed E-state index contributed by atoms with van der Waals surface area (Å²) in [7, 11) is 0. The van der Waals surface area contributed by atoms with Crippen LogP contribution in [-0.2, 0) is 0 Å². The van der Waals surface area contributed by atoms with Crippen LogP contribution in [0.25, 0.3) is 16.9 Å². The predicted molar refractivity (Wildman–Crippen MR) is 102 cm³/mol. The van der Waals surface area contributed by atoms with Crippen LogP contribution in [0.3, 0.4) is 0 Å². The molecule has 134 valence electrons. The summed E-state index contributed by atoms with van der Waals surface area (Å²) in [4.78, 5) is 10.8. The molecule has 1 saturated heterocycles. The molecule has 1 aliphatic heterocycles. The number of anilines is 1. The quantitative estimate of drug-likeness (QED) is 0.561. The van der Waals surface area contributed by atoms with Crippen LogP contribution in [0.1, 0.15) is 24.5 Å². The summed E-state index contributed by atoms with van der Waals surface area (Å²) in [6, 6.07) is 14.4. The summed E-state index contributed by atoms with van der Waals surface area (Å²) in [5.41, 5.74) is 5.04. The molecule has 5 rings (SSSR count). The molecule has 0 spiro atoms. The van der Waals surface area contributed by atoms with Gasteiger partial charge < -0.3 is 4.90 Å². The molecule has 4 heterocycles. The fraction of sp³-hybridized carbons (Fsp3) is 0.250. The molecule has 4 aromatic rings. The Morgan fingerprint density at radius 3 is 2.63 bits per heavy atom. The van der Waals surface area contributed by atoms with Crippen molar-refractivity contribution in [1.29, 1.82) is 0 Å². The minimum absolute atomic E-state index is 0.480. The summed E-state index contributed by atoms with van der Waals surface area (Å²) in [5, 5.41) is 13.0. The number of benzene rings is 1. The Morgan fingerprint density at radius 1 is 1.00 bits per heavy atom. The van der Waals surface area contributed by atoms with Crippen LogP contribution < -0.4 is 4.90 Å². The lowest BCUT2D eigenvalue weighted by Gasteiger charge is -2.33. The second-order valence-electron chi connectivity index (χ2n) is 6.78. The molecule has 0 bridgehead atoms. The number of nitrogens with zero attached hydrogens (tertiary/aromatic N) is 7. The molecule has 0 aliphatic carbocycles. The molecule has 0 unspecified atom stereocenters. The third-order valence-corrected chi connectivity index (χ3v) is 5.18. The molecule has 0 radical (unpaired) electrons. The first-order valence-corrected chi connectivity index (χ1v) is 9.16. The smallest absolute Gasteiger partial charge is 0.200 e. The first kappa shape index (κ1) is 15.9. The molecule has 3 aromatic heterocycles.